The first-order valence-corrected chi connectivity index (χ1v) is 7.09. The Morgan fingerprint density at radius 3 is 2.24 bits per heavy atom. The highest BCUT2D eigenvalue weighted by molar-refractivity contribution is 9.09. The van der Waals surface area contributed by atoms with Crippen LogP contribution in [0.5, 0.6) is 0 Å². The Kier molecular flexibility index (Phi) is 4.38. The Labute approximate surface area is 112 Å². The minimum Gasteiger partial charge on any atom is -0.0921 e. The van der Waals surface area contributed by atoms with E-state index in [0.29, 0.717) is 5.92 Å². The number of alkyl halides is 1. The highest BCUT2D eigenvalue weighted by Crippen LogP contribution is 2.25. The van der Waals surface area contributed by atoms with Crippen LogP contribution in [-0.4, -0.2) is 5.33 Å². The van der Waals surface area contributed by atoms with Crippen molar-refractivity contribution in [3.63, 3.8) is 0 Å². The van der Waals surface area contributed by atoms with Gasteiger partial charge >= 0.3 is 0 Å². The second-order valence-corrected chi connectivity index (χ2v) is 5.05. The van der Waals surface area contributed by atoms with Gasteiger partial charge in [-0.05, 0) is 36.0 Å². The molecule has 1 atom stereocenters. The first kappa shape index (κ1) is 12.4. The van der Waals surface area contributed by atoms with Gasteiger partial charge in [0.25, 0.3) is 0 Å². The molecule has 0 heterocycles. The number of hydrogen-bond donors (Lipinski definition) is 0. The number of rotatable bonds is 4. The molecule has 0 bridgehead atoms. The van der Waals surface area contributed by atoms with Crippen LogP contribution >= 0.6 is 15.9 Å². The van der Waals surface area contributed by atoms with E-state index in [4.69, 9.17) is 0 Å². The van der Waals surface area contributed by atoms with Crippen molar-refractivity contribution in [3.05, 3.63) is 71.3 Å². The third kappa shape index (κ3) is 3.19. The predicted octanol–water partition coefficient (Wildman–Crippen LogP) is 4.72. The highest BCUT2D eigenvalue weighted by Gasteiger charge is 2.12. The van der Waals surface area contributed by atoms with Crippen molar-refractivity contribution in [2.75, 3.05) is 5.33 Å². The van der Waals surface area contributed by atoms with Gasteiger partial charge in [-0.25, -0.2) is 0 Å². The third-order valence-corrected chi connectivity index (χ3v) is 3.92. The minimum absolute atomic E-state index is 0.554. The van der Waals surface area contributed by atoms with E-state index in [1.165, 1.54) is 16.7 Å². The fourth-order valence-corrected chi connectivity index (χ4v) is 2.77. The van der Waals surface area contributed by atoms with Gasteiger partial charge < -0.3 is 0 Å². The Morgan fingerprint density at radius 1 is 0.941 bits per heavy atom. The normalized spacial score (nSPS) is 12.4. The zero-order valence-electron chi connectivity index (χ0n) is 10.1. The molecule has 2 aromatic rings. The fraction of sp³-hybridized carbons (Fsp3) is 0.250. The van der Waals surface area contributed by atoms with Crippen molar-refractivity contribution in [1.29, 1.82) is 0 Å². The van der Waals surface area contributed by atoms with E-state index in [1.54, 1.807) is 0 Å². The molecule has 0 spiro atoms. The van der Waals surface area contributed by atoms with Crippen LogP contribution in [0.2, 0.25) is 0 Å². The van der Waals surface area contributed by atoms with Gasteiger partial charge in [-0.3, -0.25) is 0 Å². The summed E-state index contributed by atoms with van der Waals surface area (Å²) in [6, 6.07) is 19.4. The highest BCUT2D eigenvalue weighted by atomic mass is 79.9. The van der Waals surface area contributed by atoms with E-state index in [-0.39, 0.29) is 0 Å². The molecule has 2 rings (SSSR count). The van der Waals surface area contributed by atoms with Gasteiger partial charge in [0.2, 0.25) is 0 Å². The van der Waals surface area contributed by atoms with Crippen LogP contribution in [0.4, 0.5) is 0 Å². The smallest absolute Gasteiger partial charge is 0.0103 e. The van der Waals surface area contributed by atoms with E-state index in [1.807, 2.05) is 0 Å². The molecule has 1 unspecified atom stereocenters. The molecule has 0 aliphatic rings. The van der Waals surface area contributed by atoms with Gasteiger partial charge in [0.05, 0.1) is 0 Å². The first-order chi connectivity index (χ1) is 8.31. The van der Waals surface area contributed by atoms with E-state index >= 15 is 0 Å². The molecule has 0 saturated carbocycles. The van der Waals surface area contributed by atoms with Gasteiger partial charge in [-0.15, -0.1) is 0 Å². The summed E-state index contributed by atoms with van der Waals surface area (Å²) < 4.78 is 0. The van der Waals surface area contributed by atoms with Crippen molar-refractivity contribution in [2.45, 2.75) is 19.3 Å². The van der Waals surface area contributed by atoms with Gasteiger partial charge in [-0.2, -0.15) is 0 Å². The average Bonchev–Trinajstić information content (AvgIpc) is 2.38. The van der Waals surface area contributed by atoms with E-state index in [9.17, 15) is 0 Å². The standard InChI is InChI=1S/C16H17Br/c1-13-7-5-6-10-16(13)15(12-17)11-14-8-3-2-4-9-14/h2-10,15H,11-12H2,1H3. The van der Waals surface area contributed by atoms with Crippen LogP contribution in [0, 0.1) is 6.92 Å². The van der Waals surface area contributed by atoms with Gasteiger partial charge in [-0.1, -0.05) is 70.5 Å². The van der Waals surface area contributed by atoms with Crippen molar-refractivity contribution in [1.82, 2.24) is 0 Å². The summed E-state index contributed by atoms with van der Waals surface area (Å²) in [6.07, 6.45) is 1.09. The fourth-order valence-electron chi connectivity index (χ4n) is 2.19. The third-order valence-electron chi connectivity index (χ3n) is 3.14. The molecule has 0 nitrogen and oxygen atoms in total. The summed E-state index contributed by atoms with van der Waals surface area (Å²) in [5.74, 6) is 0.554. The second kappa shape index (κ2) is 6.02. The van der Waals surface area contributed by atoms with Crippen LogP contribution < -0.4 is 0 Å². The summed E-state index contributed by atoms with van der Waals surface area (Å²) in [6.45, 7) is 2.19. The van der Waals surface area contributed by atoms with Crippen molar-refractivity contribution in [3.8, 4) is 0 Å². The maximum atomic E-state index is 3.64. The van der Waals surface area contributed by atoms with Crippen LogP contribution in [0.3, 0.4) is 0 Å². The molecule has 1 heteroatoms. The lowest BCUT2D eigenvalue weighted by Crippen LogP contribution is -2.06. The van der Waals surface area contributed by atoms with Crippen molar-refractivity contribution in [2.24, 2.45) is 0 Å². The molecule has 0 N–H and O–H groups in total. The number of halogens is 1. The van der Waals surface area contributed by atoms with Crippen LogP contribution in [0.15, 0.2) is 54.6 Å². The molecule has 0 aliphatic carbocycles. The molecule has 0 amide bonds. The zero-order chi connectivity index (χ0) is 12.1. The molecule has 2 aromatic carbocycles. The maximum Gasteiger partial charge on any atom is 0.0103 e. The van der Waals surface area contributed by atoms with Gasteiger partial charge in [0.15, 0.2) is 0 Å². The molecule has 0 saturated heterocycles. The average molecular weight is 289 g/mol. The maximum absolute atomic E-state index is 3.64. The van der Waals surface area contributed by atoms with E-state index in [2.05, 4.69) is 77.5 Å². The SMILES string of the molecule is Cc1ccccc1C(CBr)Cc1ccccc1. The first-order valence-electron chi connectivity index (χ1n) is 5.96. The molecule has 0 fully saturated rings. The minimum atomic E-state index is 0.554. The molecule has 0 radical (unpaired) electrons. The Hall–Kier alpha value is -1.08. The lowest BCUT2D eigenvalue weighted by Gasteiger charge is -2.17. The Morgan fingerprint density at radius 2 is 1.59 bits per heavy atom. The van der Waals surface area contributed by atoms with Crippen LogP contribution in [-0.2, 0) is 6.42 Å². The summed E-state index contributed by atoms with van der Waals surface area (Å²) in [5.41, 5.74) is 4.24. The van der Waals surface area contributed by atoms with Crippen LogP contribution in [0.1, 0.15) is 22.6 Å². The quantitative estimate of drug-likeness (QED) is 0.715. The summed E-state index contributed by atoms with van der Waals surface area (Å²) in [7, 11) is 0. The molecular formula is C16H17Br. The van der Waals surface area contributed by atoms with Crippen molar-refractivity contribution >= 4 is 15.9 Å². The molecule has 0 aliphatic heterocycles. The van der Waals surface area contributed by atoms with E-state index < -0.39 is 0 Å². The number of hydrogen-bond acceptors (Lipinski definition) is 0. The summed E-state index contributed by atoms with van der Waals surface area (Å²) in [4.78, 5) is 0. The molecule has 0 aromatic heterocycles. The van der Waals surface area contributed by atoms with Gasteiger partial charge in [0, 0.05) is 5.33 Å². The Bertz CT molecular complexity index is 462. The number of benzene rings is 2. The molecular weight excluding hydrogens is 272 g/mol. The molecule has 17 heavy (non-hydrogen) atoms. The van der Waals surface area contributed by atoms with Crippen LogP contribution in [0.25, 0.3) is 0 Å². The van der Waals surface area contributed by atoms with E-state index in [0.717, 1.165) is 11.8 Å². The monoisotopic (exact) mass is 288 g/mol. The second-order valence-electron chi connectivity index (χ2n) is 4.40. The Balaban J connectivity index is 2.21. The molecule has 88 valence electrons. The lowest BCUT2D eigenvalue weighted by molar-refractivity contribution is 0.769. The number of aryl methyl sites for hydroxylation is 1. The largest absolute Gasteiger partial charge is 0.0921 e. The summed E-state index contributed by atoms with van der Waals surface area (Å²) in [5, 5.41) is 1.01. The van der Waals surface area contributed by atoms with Crippen molar-refractivity contribution < 1.29 is 0 Å². The topological polar surface area (TPSA) is 0 Å². The zero-order valence-corrected chi connectivity index (χ0v) is 11.7. The lowest BCUT2D eigenvalue weighted by atomic mass is 9.91. The van der Waals surface area contributed by atoms with Gasteiger partial charge in [0.1, 0.15) is 0 Å². The summed E-state index contributed by atoms with van der Waals surface area (Å²) >= 11 is 3.64. The predicted molar refractivity (Wildman–Crippen MR) is 77.9 cm³/mol.